The Bertz CT molecular complexity index is 1190. The lowest BCUT2D eigenvalue weighted by Gasteiger charge is -2.32. The number of amides is 3. The maximum Gasteiger partial charge on any atom is 0.317 e. The highest BCUT2D eigenvalue weighted by Crippen LogP contribution is 2.08. The van der Waals surface area contributed by atoms with E-state index in [0.29, 0.717) is 84.6 Å². The van der Waals surface area contributed by atoms with Gasteiger partial charge < -0.3 is 41.0 Å². The molecular weight excluding hydrogens is 722 g/mol. The Morgan fingerprint density at radius 2 is 1.27 bits per heavy atom. The molecule has 1 fully saturated rings. The van der Waals surface area contributed by atoms with E-state index in [-0.39, 0.29) is 37.3 Å². The zero-order chi connectivity index (χ0) is 42.6. The Labute approximate surface area is 335 Å². The van der Waals surface area contributed by atoms with Gasteiger partial charge in [-0.1, -0.05) is 63.9 Å². The molecule has 0 saturated carbocycles. The Morgan fingerprint density at radius 3 is 1.79 bits per heavy atom. The lowest BCUT2D eigenvalue weighted by molar-refractivity contribution is -0.138. The maximum absolute atomic E-state index is 13.0. The van der Waals surface area contributed by atoms with E-state index in [1.807, 2.05) is 25.7 Å². The zero-order valence-electron chi connectivity index (χ0n) is 35.0. The number of rotatable bonds is 20. The SMILES string of the molecule is CC.CCCCNC(=O)[C@@H](CCCNC(=O)CN1CCN(CC)CCN(CC=O)CCN(CC(=O)O)CC1)NC(=O)CCCc1ccc(C)cc1.CO.O=CO. The summed E-state index contributed by atoms with van der Waals surface area (Å²) >= 11 is 0. The number of carbonyl (C=O) groups is 6. The molecule has 2 rings (SSSR count). The molecule has 16 heteroatoms. The van der Waals surface area contributed by atoms with Crippen molar-refractivity contribution in [2.45, 2.75) is 85.6 Å². The van der Waals surface area contributed by atoms with Gasteiger partial charge in [0.05, 0.1) is 19.6 Å². The number of aliphatic hydroxyl groups is 1. The van der Waals surface area contributed by atoms with Crippen LogP contribution in [0, 0.1) is 6.92 Å². The van der Waals surface area contributed by atoms with Crippen LogP contribution in [0.4, 0.5) is 0 Å². The molecule has 1 aliphatic heterocycles. The van der Waals surface area contributed by atoms with Crippen LogP contribution in [-0.2, 0) is 35.2 Å². The topological polar surface area (TPSA) is 212 Å². The third-order valence-corrected chi connectivity index (χ3v) is 8.90. The molecule has 6 N–H and O–H groups in total. The largest absolute Gasteiger partial charge is 0.483 e. The molecular formula is C40H73N7O9. The van der Waals surface area contributed by atoms with Crippen LogP contribution in [0.1, 0.15) is 77.3 Å². The summed E-state index contributed by atoms with van der Waals surface area (Å²) in [6.45, 7) is 17.1. The van der Waals surface area contributed by atoms with Crippen molar-refractivity contribution in [2.75, 3.05) is 98.7 Å². The molecule has 3 amide bonds. The third-order valence-electron chi connectivity index (χ3n) is 8.90. The fourth-order valence-electron chi connectivity index (χ4n) is 5.74. The van der Waals surface area contributed by atoms with Crippen molar-refractivity contribution in [2.24, 2.45) is 0 Å². The smallest absolute Gasteiger partial charge is 0.317 e. The van der Waals surface area contributed by atoms with Crippen LogP contribution in [0.2, 0.25) is 0 Å². The van der Waals surface area contributed by atoms with Crippen molar-refractivity contribution in [3.05, 3.63) is 35.4 Å². The van der Waals surface area contributed by atoms with Gasteiger partial charge >= 0.3 is 5.97 Å². The Balaban J connectivity index is 0. The summed E-state index contributed by atoms with van der Waals surface area (Å²) in [5.74, 6) is -1.41. The Kier molecular flexibility index (Phi) is 35.4. The number of aliphatic carboxylic acids is 1. The van der Waals surface area contributed by atoms with Crippen LogP contribution in [0.5, 0.6) is 0 Å². The molecule has 1 aromatic rings. The quantitative estimate of drug-likeness (QED) is 0.0817. The normalized spacial score (nSPS) is 14.9. The highest BCUT2D eigenvalue weighted by Gasteiger charge is 2.21. The Hall–Kier alpha value is -3.96. The average Bonchev–Trinajstić information content (AvgIpc) is 3.18. The first-order valence-electron chi connectivity index (χ1n) is 20.0. The number of carboxylic acids is 1. The van der Waals surface area contributed by atoms with Crippen molar-refractivity contribution in [1.29, 1.82) is 0 Å². The second-order valence-electron chi connectivity index (χ2n) is 13.0. The number of hydrogen-bond donors (Lipinski definition) is 6. The highest BCUT2D eigenvalue weighted by atomic mass is 16.4. The van der Waals surface area contributed by atoms with Gasteiger partial charge in [-0.25, -0.2) is 0 Å². The Morgan fingerprint density at radius 1 is 0.750 bits per heavy atom. The van der Waals surface area contributed by atoms with Crippen molar-refractivity contribution in [1.82, 2.24) is 35.6 Å². The zero-order valence-corrected chi connectivity index (χ0v) is 35.0. The van der Waals surface area contributed by atoms with Gasteiger partial charge in [0.25, 0.3) is 6.47 Å². The van der Waals surface area contributed by atoms with Crippen molar-refractivity contribution >= 4 is 36.4 Å². The molecule has 1 saturated heterocycles. The number of carboxylic acid groups (broad SMARTS) is 2. The van der Waals surface area contributed by atoms with Crippen molar-refractivity contribution in [3.63, 3.8) is 0 Å². The molecule has 0 aromatic heterocycles. The number of hydrogen-bond acceptors (Lipinski definition) is 11. The summed E-state index contributed by atoms with van der Waals surface area (Å²) < 4.78 is 0. The molecule has 0 bridgehead atoms. The minimum atomic E-state index is -0.911. The first-order chi connectivity index (χ1) is 27.0. The summed E-state index contributed by atoms with van der Waals surface area (Å²) in [5, 5.41) is 32.2. The average molecular weight is 796 g/mol. The van der Waals surface area contributed by atoms with Crippen molar-refractivity contribution in [3.8, 4) is 0 Å². The first-order valence-corrected chi connectivity index (χ1v) is 20.0. The predicted molar refractivity (Wildman–Crippen MR) is 220 cm³/mol. The van der Waals surface area contributed by atoms with Gasteiger partial charge in [-0.2, -0.15) is 0 Å². The maximum atomic E-state index is 13.0. The summed E-state index contributed by atoms with van der Waals surface area (Å²) in [7, 11) is 1.00. The van der Waals surface area contributed by atoms with Gasteiger partial charge in [0.2, 0.25) is 17.7 Å². The lowest BCUT2D eigenvalue weighted by Crippen LogP contribution is -2.49. The van der Waals surface area contributed by atoms with E-state index in [9.17, 15) is 29.1 Å². The standard InChI is InChI=1S/C36H61N7O6.C2H6.CH2O2.CH4O/c1-4-6-16-38-36(49)32(39-33(45)11-7-9-31-14-12-30(3)13-15-31)10-8-17-37-34(46)28-42-22-19-40(5-2)18-20-41(26-27-44)21-23-43(25-24-42)29-35(47)48;1-2;2-1-3;1-2/h12-15,27,32H,4-11,16-26,28-29H2,1-3H3,(H,37,46)(H,38,49)(H,39,45)(H,47,48);1-2H3;1H,(H,2,3);2H,1H3/t32-;;;/m1.../s1. The summed E-state index contributed by atoms with van der Waals surface area (Å²) in [6.07, 6.45) is 5.43. The van der Waals surface area contributed by atoms with Gasteiger partial charge in [0.1, 0.15) is 12.3 Å². The molecule has 1 aliphatic rings. The summed E-state index contributed by atoms with van der Waals surface area (Å²) in [5.41, 5.74) is 2.37. The van der Waals surface area contributed by atoms with E-state index in [4.69, 9.17) is 15.0 Å². The van der Waals surface area contributed by atoms with Crippen LogP contribution < -0.4 is 16.0 Å². The third kappa shape index (κ3) is 28.4. The van der Waals surface area contributed by atoms with Crippen molar-refractivity contribution < 1.29 is 44.1 Å². The number of aldehydes is 1. The lowest BCUT2D eigenvalue weighted by atomic mass is 10.1. The second kappa shape index (κ2) is 36.7. The number of aryl methyl sites for hydroxylation is 2. The fourth-order valence-corrected chi connectivity index (χ4v) is 5.74. The highest BCUT2D eigenvalue weighted by molar-refractivity contribution is 5.87. The van der Waals surface area contributed by atoms with Crippen LogP contribution >= 0.6 is 0 Å². The molecule has 1 aromatic carbocycles. The van der Waals surface area contributed by atoms with Crippen LogP contribution in [0.25, 0.3) is 0 Å². The number of nitrogens with zero attached hydrogens (tertiary/aromatic N) is 4. The van der Waals surface area contributed by atoms with E-state index < -0.39 is 12.0 Å². The van der Waals surface area contributed by atoms with E-state index in [2.05, 4.69) is 68.8 Å². The second-order valence-corrected chi connectivity index (χ2v) is 13.0. The molecule has 56 heavy (non-hydrogen) atoms. The first kappa shape index (κ1) is 54.1. The van der Waals surface area contributed by atoms with Gasteiger partial charge in [-0.3, -0.25) is 38.7 Å². The fraction of sp³-hybridized carbons (Fsp3) is 0.700. The molecule has 0 unspecified atom stereocenters. The van der Waals surface area contributed by atoms with Crippen LogP contribution in [-0.4, -0.2) is 176 Å². The molecule has 0 spiro atoms. The minimum absolute atomic E-state index is 0.105. The van der Waals surface area contributed by atoms with E-state index in [0.717, 1.165) is 52.3 Å². The van der Waals surface area contributed by atoms with Crippen LogP contribution in [0.15, 0.2) is 24.3 Å². The number of benzene rings is 1. The number of likely N-dealkylation sites (N-methyl/N-ethyl adjacent to an activating group) is 1. The number of unbranched alkanes of at least 4 members (excludes halogenated alkanes) is 1. The molecule has 0 aliphatic carbocycles. The molecule has 1 atom stereocenters. The monoisotopic (exact) mass is 796 g/mol. The number of aliphatic hydroxyl groups excluding tert-OH is 1. The van der Waals surface area contributed by atoms with E-state index in [1.54, 1.807) is 0 Å². The molecule has 0 radical (unpaired) electrons. The minimum Gasteiger partial charge on any atom is -0.483 e. The number of carbonyl (C=O) groups excluding carboxylic acids is 4. The van der Waals surface area contributed by atoms with Gasteiger partial charge in [0.15, 0.2) is 0 Å². The van der Waals surface area contributed by atoms with Gasteiger partial charge in [-0.15, -0.1) is 0 Å². The summed E-state index contributed by atoms with van der Waals surface area (Å²) in [6, 6.07) is 7.60. The summed E-state index contributed by atoms with van der Waals surface area (Å²) in [4.78, 5) is 78.1. The van der Waals surface area contributed by atoms with E-state index in [1.165, 1.54) is 11.1 Å². The molecule has 1 heterocycles. The molecule has 16 nitrogen and oxygen atoms in total. The van der Waals surface area contributed by atoms with Crippen LogP contribution in [0.3, 0.4) is 0 Å². The molecule has 322 valence electrons. The van der Waals surface area contributed by atoms with Gasteiger partial charge in [-0.05, 0) is 51.1 Å². The number of nitrogens with one attached hydrogen (secondary N) is 3. The van der Waals surface area contributed by atoms with E-state index >= 15 is 0 Å². The van der Waals surface area contributed by atoms with Gasteiger partial charge in [0, 0.05) is 79.0 Å². The predicted octanol–water partition coefficient (Wildman–Crippen LogP) is 1.48.